The summed E-state index contributed by atoms with van der Waals surface area (Å²) in [5.41, 5.74) is 7.38. The third-order valence-corrected chi connectivity index (χ3v) is 3.10. The van der Waals surface area contributed by atoms with E-state index >= 15 is 0 Å². The Labute approximate surface area is 110 Å². The molecule has 0 unspecified atom stereocenters. The van der Waals surface area contributed by atoms with E-state index < -0.39 is 0 Å². The number of nitrogen functional groups attached to an aromatic ring is 1. The average molecular weight is 267 g/mol. The molecule has 0 radical (unpaired) electrons. The number of carbonyl (C=O) groups excluding carboxylic acids is 1. The zero-order chi connectivity index (χ0) is 13.3. The number of nitrogens with zero attached hydrogens (tertiary/aromatic N) is 3. The van der Waals surface area contributed by atoms with E-state index in [0.29, 0.717) is 23.9 Å². The lowest BCUT2D eigenvalue weighted by Gasteiger charge is -2.11. The molecule has 6 heteroatoms. The van der Waals surface area contributed by atoms with Crippen LogP contribution < -0.4 is 5.73 Å². The highest BCUT2D eigenvalue weighted by molar-refractivity contribution is 6.35. The van der Waals surface area contributed by atoms with Crippen LogP contribution in [0.5, 0.6) is 0 Å². The third kappa shape index (κ3) is 2.26. The maximum Gasteiger partial charge on any atom is 0.223 e. The van der Waals surface area contributed by atoms with Crippen LogP contribution in [0.2, 0.25) is 5.02 Å². The molecule has 1 heterocycles. The van der Waals surface area contributed by atoms with Gasteiger partial charge in [0.1, 0.15) is 0 Å². The third-order valence-electron chi connectivity index (χ3n) is 2.80. The molecule has 18 heavy (non-hydrogen) atoms. The highest BCUT2D eigenvalue weighted by atomic mass is 35.5. The van der Waals surface area contributed by atoms with Gasteiger partial charge in [-0.3, -0.25) is 4.79 Å². The van der Waals surface area contributed by atoms with Crippen molar-refractivity contribution in [1.82, 2.24) is 14.5 Å². The molecule has 0 aliphatic rings. The monoisotopic (exact) mass is 266 g/mol. The topological polar surface area (TPSA) is 64.2 Å². The number of halogens is 1. The molecule has 2 rings (SSSR count). The van der Waals surface area contributed by atoms with Gasteiger partial charge in [-0.05, 0) is 12.1 Å². The molecule has 0 fully saturated rings. The molecule has 5 nitrogen and oxygen atoms in total. The van der Waals surface area contributed by atoms with Gasteiger partial charge in [-0.2, -0.15) is 0 Å². The summed E-state index contributed by atoms with van der Waals surface area (Å²) < 4.78 is 1.78. The van der Waals surface area contributed by atoms with Crippen molar-refractivity contribution in [2.45, 2.75) is 13.0 Å². The number of nitrogens with two attached hydrogens (primary N) is 1. The molecular formula is C12H15ClN4O. The Balaban J connectivity index is 2.33. The van der Waals surface area contributed by atoms with Crippen LogP contribution >= 0.6 is 11.6 Å². The van der Waals surface area contributed by atoms with Crippen LogP contribution in [0.3, 0.4) is 0 Å². The van der Waals surface area contributed by atoms with E-state index in [2.05, 4.69) is 4.98 Å². The van der Waals surface area contributed by atoms with E-state index in [1.54, 1.807) is 29.6 Å². The number of hydrogen-bond acceptors (Lipinski definition) is 3. The first-order valence-corrected chi connectivity index (χ1v) is 5.99. The van der Waals surface area contributed by atoms with Gasteiger partial charge in [0.15, 0.2) is 0 Å². The Bertz CT molecular complexity index is 591. The van der Waals surface area contributed by atoms with E-state index in [1.165, 1.54) is 0 Å². The second-order valence-electron chi connectivity index (χ2n) is 4.27. The highest BCUT2D eigenvalue weighted by Crippen LogP contribution is 2.25. The van der Waals surface area contributed by atoms with Crippen LogP contribution in [-0.2, 0) is 11.3 Å². The maximum absolute atomic E-state index is 11.6. The van der Waals surface area contributed by atoms with Crippen molar-refractivity contribution in [3.8, 4) is 0 Å². The zero-order valence-electron chi connectivity index (χ0n) is 10.4. The van der Waals surface area contributed by atoms with E-state index in [4.69, 9.17) is 17.3 Å². The fraction of sp³-hybridized carbons (Fsp3) is 0.333. The van der Waals surface area contributed by atoms with Gasteiger partial charge in [0.2, 0.25) is 11.9 Å². The van der Waals surface area contributed by atoms with Crippen LogP contribution in [0, 0.1) is 0 Å². The normalized spacial score (nSPS) is 10.8. The predicted octanol–water partition coefficient (Wildman–Crippen LogP) is 1.75. The van der Waals surface area contributed by atoms with E-state index in [9.17, 15) is 4.79 Å². The van der Waals surface area contributed by atoms with E-state index in [0.717, 1.165) is 11.0 Å². The second-order valence-corrected chi connectivity index (χ2v) is 4.67. The number of aromatic nitrogens is 2. The van der Waals surface area contributed by atoms with Crippen LogP contribution in [0.1, 0.15) is 6.42 Å². The average Bonchev–Trinajstić information content (AvgIpc) is 2.63. The van der Waals surface area contributed by atoms with Crippen molar-refractivity contribution in [2.75, 3.05) is 19.8 Å². The molecule has 1 aromatic carbocycles. The van der Waals surface area contributed by atoms with Gasteiger partial charge in [0.05, 0.1) is 16.1 Å². The van der Waals surface area contributed by atoms with Crippen LogP contribution in [-0.4, -0.2) is 34.5 Å². The van der Waals surface area contributed by atoms with Crippen LogP contribution in [0.25, 0.3) is 11.0 Å². The van der Waals surface area contributed by atoms with Gasteiger partial charge >= 0.3 is 0 Å². The van der Waals surface area contributed by atoms with Gasteiger partial charge < -0.3 is 15.2 Å². The van der Waals surface area contributed by atoms with E-state index in [1.807, 2.05) is 12.1 Å². The summed E-state index contributed by atoms with van der Waals surface area (Å²) in [5.74, 6) is 0.424. The van der Waals surface area contributed by atoms with Crippen LogP contribution in [0.15, 0.2) is 18.2 Å². The SMILES string of the molecule is CN(C)C(=O)CCn1c(N)nc2cccc(Cl)c21. The summed E-state index contributed by atoms with van der Waals surface area (Å²) in [6, 6.07) is 5.46. The molecule has 0 saturated carbocycles. The van der Waals surface area contributed by atoms with E-state index in [-0.39, 0.29) is 5.91 Å². The highest BCUT2D eigenvalue weighted by Gasteiger charge is 2.12. The van der Waals surface area contributed by atoms with Crippen molar-refractivity contribution in [3.05, 3.63) is 23.2 Å². The van der Waals surface area contributed by atoms with Crippen LogP contribution in [0.4, 0.5) is 5.95 Å². The molecule has 0 spiro atoms. The lowest BCUT2D eigenvalue weighted by molar-refractivity contribution is -0.128. The molecule has 1 aromatic heterocycles. The largest absolute Gasteiger partial charge is 0.369 e. The number of amides is 1. The molecule has 0 aliphatic heterocycles. The molecule has 0 bridgehead atoms. The first kappa shape index (κ1) is 12.7. The summed E-state index contributed by atoms with van der Waals surface area (Å²) in [6.07, 6.45) is 0.369. The number of benzene rings is 1. The summed E-state index contributed by atoms with van der Waals surface area (Å²) in [4.78, 5) is 17.4. The summed E-state index contributed by atoms with van der Waals surface area (Å²) >= 11 is 6.14. The minimum atomic E-state index is 0.0447. The smallest absolute Gasteiger partial charge is 0.223 e. The molecule has 2 N–H and O–H groups in total. The minimum absolute atomic E-state index is 0.0447. The number of fused-ring (bicyclic) bond motifs is 1. The zero-order valence-corrected chi connectivity index (χ0v) is 11.1. The summed E-state index contributed by atoms with van der Waals surface area (Å²) in [5, 5.41) is 0.592. The molecule has 0 aliphatic carbocycles. The predicted molar refractivity (Wildman–Crippen MR) is 72.5 cm³/mol. The van der Waals surface area contributed by atoms with Crippen molar-refractivity contribution < 1.29 is 4.79 Å². The number of imidazole rings is 1. The first-order chi connectivity index (χ1) is 8.50. The Morgan fingerprint density at radius 3 is 2.89 bits per heavy atom. The Kier molecular flexibility index (Phi) is 3.43. The van der Waals surface area contributed by atoms with Crippen molar-refractivity contribution in [2.24, 2.45) is 0 Å². The van der Waals surface area contributed by atoms with Gasteiger partial charge in [-0.25, -0.2) is 4.98 Å². The fourth-order valence-corrected chi connectivity index (χ4v) is 2.09. The van der Waals surface area contributed by atoms with Gasteiger partial charge in [-0.1, -0.05) is 17.7 Å². The van der Waals surface area contributed by atoms with Gasteiger partial charge in [0.25, 0.3) is 0 Å². The van der Waals surface area contributed by atoms with Crippen molar-refractivity contribution in [1.29, 1.82) is 0 Å². The second kappa shape index (κ2) is 4.86. The summed E-state index contributed by atoms with van der Waals surface area (Å²) in [7, 11) is 3.45. The van der Waals surface area contributed by atoms with Gasteiger partial charge in [-0.15, -0.1) is 0 Å². The molecule has 0 atom stereocenters. The quantitative estimate of drug-likeness (QED) is 0.921. The molecule has 1 amide bonds. The summed E-state index contributed by atoms with van der Waals surface area (Å²) in [6.45, 7) is 0.475. The maximum atomic E-state index is 11.6. The molecular weight excluding hydrogens is 252 g/mol. The molecule has 2 aromatic rings. The molecule has 0 saturated heterocycles. The number of para-hydroxylation sites is 1. The van der Waals surface area contributed by atoms with Gasteiger partial charge in [0, 0.05) is 27.1 Å². The lowest BCUT2D eigenvalue weighted by Crippen LogP contribution is -2.23. The number of hydrogen-bond donors (Lipinski definition) is 1. The van der Waals surface area contributed by atoms with Crippen molar-refractivity contribution >= 4 is 34.5 Å². The standard InChI is InChI=1S/C12H15ClN4O/c1-16(2)10(18)6-7-17-11-8(13)4-3-5-9(11)15-12(17)14/h3-5H,6-7H2,1-2H3,(H2,14,15). The number of aryl methyl sites for hydroxylation is 1. The Hall–Kier alpha value is -1.75. The molecule has 96 valence electrons. The number of anilines is 1. The Morgan fingerprint density at radius 2 is 2.22 bits per heavy atom. The Morgan fingerprint density at radius 1 is 1.50 bits per heavy atom. The fourth-order valence-electron chi connectivity index (χ4n) is 1.82. The number of carbonyl (C=O) groups is 1. The number of rotatable bonds is 3. The lowest BCUT2D eigenvalue weighted by atomic mass is 10.3. The van der Waals surface area contributed by atoms with Crippen molar-refractivity contribution in [3.63, 3.8) is 0 Å². The minimum Gasteiger partial charge on any atom is -0.369 e. The first-order valence-electron chi connectivity index (χ1n) is 5.61.